The summed E-state index contributed by atoms with van der Waals surface area (Å²) < 4.78 is 0. The van der Waals surface area contributed by atoms with Crippen molar-refractivity contribution in [1.82, 2.24) is 9.88 Å². The lowest BCUT2D eigenvalue weighted by atomic mass is 9.97. The highest BCUT2D eigenvalue weighted by Crippen LogP contribution is 2.35. The van der Waals surface area contributed by atoms with E-state index >= 15 is 0 Å². The predicted molar refractivity (Wildman–Crippen MR) is 149 cm³/mol. The number of carbonyl (C=O) groups is 1. The molecule has 1 unspecified atom stereocenters. The van der Waals surface area contributed by atoms with Crippen LogP contribution < -0.4 is 10.7 Å². The molecule has 1 atom stereocenters. The van der Waals surface area contributed by atoms with Crippen LogP contribution in [-0.2, 0) is 11.2 Å². The van der Waals surface area contributed by atoms with Crippen molar-refractivity contribution >= 4 is 29.5 Å². The van der Waals surface area contributed by atoms with Crippen LogP contribution in [0.3, 0.4) is 0 Å². The second-order valence-electron chi connectivity index (χ2n) is 9.91. The van der Waals surface area contributed by atoms with Crippen molar-refractivity contribution < 1.29 is 4.79 Å². The van der Waals surface area contributed by atoms with E-state index in [4.69, 9.17) is 9.98 Å². The maximum atomic E-state index is 13.2. The molecule has 5 heterocycles. The molecule has 4 aliphatic heterocycles. The fraction of sp³-hybridized carbons (Fsp3) is 0.387. The van der Waals surface area contributed by atoms with Crippen molar-refractivity contribution in [3.05, 3.63) is 79.4 Å². The predicted octanol–water partition coefficient (Wildman–Crippen LogP) is 4.95. The zero-order valence-electron chi connectivity index (χ0n) is 22.5. The average molecular weight is 481 g/mol. The zero-order chi connectivity index (χ0) is 25.7. The van der Waals surface area contributed by atoms with Gasteiger partial charge in [0.25, 0.3) is 0 Å². The summed E-state index contributed by atoms with van der Waals surface area (Å²) in [6.07, 6.45) is 14.2. The highest BCUT2D eigenvalue weighted by Gasteiger charge is 2.30. The van der Waals surface area contributed by atoms with Crippen LogP contribution in [0.25, 0.3) is 12.2 Å². The molecule has 4 aliphatic rings. The third kappa shape index (κ3) is 3.73. The number of carbonyl (C=O) groups excluding carboxylic acids is 1. The van der Waals surface area contributed by atoms with Crippen LogP contribution in [0.15, 0.2) is 67.6 Å². The number of allylic oxidation sites excluding steroid dienone is 6. The van der Waals surface area contributed by atoms with Gasteiger partial charge in [-0.15, -0.1) is 0 Å². The van der Waals surface area contributed by atoms with Crippen molar-refractivity contribution in [2.45, 2.75) is 67.2 Å². The third-order valence-electron chi connectivity index (χ3n) is 8.01. The number of aliphatic imine (C=N–C) groups is 2. The van der Waals surface area contributed by atoms with Crippen LogP contribution in [0.2, 0.25) is 0 Å². The van der Waals surface area contributed by atoms with Crippen molar-refractivity contribution in [1.29, 1.82) is 0 Å². The van der Waals surface area contributed by atoms with Gasteiger partial charge in [0.15, 0.2) is 0 Å². The van der Waals surface area contributed by atoms with Gasteiger partial charge in [-0.3, -0.25) is 4.79 Å². The Hall–Kier alpha value is -3.47. The SMILES string of the molecule is CCC1=C(C)/C2=C/C3=CC(/C=c4\[nH]/c(c(CC)c4C)=C\C4=NC(=C\C1=N2)/C(CC)=C4CC)C(=O)N3C. The summed E-state index contributed by atoms with van der Waals surface area (Å²) in [5.41, 5.74) is 12.4. The van der Waals surface area contributed by atoms with Gasteiger partial charge in [-0.2, -0.15) is 0 Å². The van der Waals surface area contributed by atoms with E-state index in [0.29, 0.717) is 0 Å². The van der Waals surface area contributed by atoms with E-state index in [0.717, 1.165) is 64.9 Å². The maximum absolute atomic E-state index is 13.2. The first-order valence-electron chi connectivity index (χ1n) is 13.3. The lowest BCUT2D eigenvalue weighted by molar-refractivity contribution is -0.127. The molecule has 36 heavy (non-hydrogen) atoms. The fourth-order valence-electron chi connectivity index (χ4n) is 5.93. The van der Waals surface area contributed by atoms with Gasteiger partial charge >= 0.3 is 0 Å². The van der Waals surface area contributed by atoms with Crippen molar-refractivity contribution in [3.8, 4) is 0 Å². The number of hydrogen-bond acceptors (Lipinski definition) is 3. The van der Waals surface area contributed by atoms with Gasteiger partial charge in [-0.25, -0.2) is 9.98 Å². The topological polar surface area (TPSA) is 60.8 Å². The highest BCUT2D eigenvalue weighted by molar-refractivity contribution is 6.24. The van der Waals surface area contributed by atoms with Gasteiger partial charge < -0.3 is 9.88 Å². The first-order chi connectivity index (χ1) is 17.3. The first kappa shape index (κ1) is 24.2. The van der Waals surface area contributed by atoms with Gasteiger partial charge in [0.05, 0.1) is 28.7 Å². The Balaban J connectivity index is 1.85. The highest BCUT2D eigenvalue weighted by atomic mass is 16.2. The minimum absolute atomic E-state index is 0.0811. The number of nitrogens with zero attached hydrogens (tertiary/aromatic N) is 3. The number of likely N-dealkylation sites (N-methyl/N-ethyl adjacent to an activating group) is 1. The van der Waals surface area contributed by atoms with Crippen molar-refractivity contribution in [2.75, 3.05) is 7.05 Å². The van der Waals surface area contributed by atoms with E-state index in [1.165, 1.54) is 33.4 Å². The molecule has 5 heteroatoms. The molecule has 0 fully saturated rings. The van der Waals surface area contributed by atoms with Gasteiger partial charge in [0.2, 0.25) is 5.91 Å². The summed E-state index contributed by atoms with van der Waals surface area (Å²) >= 11 is 0. The molecule has 5 nitrogen and oxygen atoms in total. The van der Waals surface area contributed by atoms with Crippen molar-refractivity contribution in [2.24, 2.45) is 15.9 Å². The second-order valence-corrected chi connectivity index (χ2v) is 9.91. The van der Waals surface area contributed by atoms with Crippen LogP contribution in [0.1, 0.15) is 65.0 Å². The van der Waals surface area contributed by atoms with Crippen LogP contribution in [-0.4, -0.2) is 34.3 Å². The molecule has 5 rings (SSSR count). The molecule has 0 radical (unpaired) electrons. The molecule has 0 saturated heterocycles. The van der Waals surface area contributed by atoms with Crippen LogP contribution >= 0.6 is 0 Å². The summed E-state index contributed by atoms with van der Waals surface area (Å²) in [6.45, 7) is 13.1. The minimum atomic E-state index is -0.308. The molecule has 1 N–H and O–H groups in total. The van der Waals surface area contributed by atoms with E-state index < -0.39 is 0 Å². The largest absolute Gasteiger partial charge is 0.355 e. The first-order valence-corrected chi connectivity index (χ1v) is 13.3. The zero-order valence-corrected chi connectivity index (χ0v) is 22.5. The number of nitrogens with one attached hydrogen (secondary N) is 1. The van der Waals surface area contributed by atoms with E-state index in [2.05, 4.69) is 76.9 Å². The molecule has 0 saturated carbocycles. The van der Waals surface area contributed by atoms with Crippen LogP contribution in [0.4, 0.5) is 0 Å². The van der Waals surface area contributed by atoms with Gasteiger partial charge in [0, 0.05) is 23.4 Å². The Bertz CT molecular complexity index is 1510. The van der Waals surface area contributed by atoms with E-state index in [1.54, 1.807) is 4.90 Å². The number of aromatic amines is 1. The summed E-state index contributed by atoms with van der Waals surface area (Å²) in [5, 5.41) is 2.10. The van der Waals surface area contributed by atoms with Gasteiger partial charge in [-0.1, -0.05) is 27.7 Å². The monoisotopic (exact) mass is 480 g/mol. The number of fused-ring (bicyclic) bond motifs is 5. The van der Waals surface area contributed by atoms with Gasteiger partial charge in [0.1, 0.15) is 0 Å². The molecule has 186 valence electrons. The summed E-state index contributed by atoms with van der Waals surface area (Å²) in [6, 6.07) is 0. The third-order valence-corrected chi connectivity index (χ3v) is 8.01. The van der Waals surface area contributed by atoms with E-state index in [-0.39, 0.29) is 11.8 Å². The smallest absolute Gasteiger partial charge is 0.237 e. The molecule has 8 bridgehead atoms. The molecule has 0 aliphatic carbocycles. The number of aromatic nitrogens is 1. The Labute approximate surface area is 213 Å². The number of rotatable bonds is 4. The molecular weight excluding hydrogens is 444 g/mol. The van der Waals surface area contributed by atoms with Crippen molar-refractivity contribution in [3.63, 3.8) is 0 Å². The molecular formula is C31H36N4O. The fourth-order valence-corrected chi connectivity index (χ4v) is 5.93. The Morgan fingerprint density at radius 1 is 0.806 bits per heavy atom. The standard InChI is InChI=1S/C31H36N4O/c1-8-21-17(5)25-13-19-12-20(35(7)31(19)36)14-26-18(6)22(9-2)28(33-26)16-30-24(11-4)23(10-3)29(34-30)15-27(21)32-25/h12-16,19,32H,8-11H2,1-7H3/b25-13-,26-14-,27-15-,30-16-. The minimum Gasteiger partial charge on any atom is -0.355 e. The quantitative estimate of drug-likeness (QED) is 0.651. The average Bonchev–Trinajstić information content (AvgIpc) is 3.53. The van der Waals surface area contributed by atoms with Crippen LogP contribution in [0, 0.1) is 12.8 Å². The Kier molecular flexibility index (Phi) is 6.19. The molecule has 1 amide bonds. The normalized spacial score (nSPS) is 26.1. The van der Waals surface area contributed by atoms with E-state index in [9.17, 15) is 4.79 Å². The van der Waals surface area contributed by atoms with Gasteiger partial charge in [-0.05, 0) is 103 Å². The molecule has 1 aromatic rings. The molecule has 1 aromatic heterocycles. The Morgan fingerprint density at radius 3 is 2.14 bits per heavy atom. The number of hydrogen-bond donors (Lipinski definition) is 1. The Morgan fingerprint density at radius 2 is 1.47 bits per heavy atom. The summed E-state index contributed by atoms with van der Waals surface area (Å²) in [7, 11) is 1.85. The molecule has 0 aromatic carbocycles. The van der Waals surface area contributed by atoms with E-state index in [1.807, 2.05) is 7.05 Å². The number of amides is 1. The summed E-state index contributed by atoms with van der Waals surface area (Å²) in [5.74, 6) is -0.227. The molecule has 0 spiro atoms. The number of H-pyrrole nitrogens is 1. The lowest BCUT2D eigenvalue weighted by Gasteiger charge is -2.12. The lowest BCUT2D eigenvalue weighted by Crippen LogP contribution is -2.25. The second kappa shape index (κ2) is 9.20. The van der Waals surface area contributed by atoms with Crippen LogP contribution in [0.5, 0.6) is 0 Å². The summed E-state index contributed by atoms with van der Waals surface area (Å²) in [4.78, 5) is 28.8. The maximum Gasteiger partial charge on any atom is 0.237 e.